The van der Waals surface area contributed by atoms with Gasteiger partial charge in [-0.2, -0.15) is 0 Å². The van der Waals surface area contributed by atoms with Crippen LogP contribution in [-0.4, -0.2) is 80.8 Å². The van der Waals surface area contributed by atoms with E-state index in [1.807, 2.05) is 0 Å². The number of ether oxygens (including phenoxy) is 2. The number of hydrogen-bond donors (Lipinski definition) is 0. The van der Waals surface area contributed by atoms with Gasteiger partial charge in [0.2, 0.25) is 0 Å². The van der Waals surface area contributed by atoms with Crippen LogP contribution in [0.15, 0.2) is 0 Å². The van der Waals surface area contributed by atoms with Crippen LogP contribution in [0.3, 0.4) is 0 Å². The van der Waals surface area contributed by atoms with Crippen molar-refractivity contribution in [3.63, 3.8) is 0 Å². The number of rotatable bonds is 2. The maximum Gasteiger partial charge on any atom is 0.154 e. The number of ketones is 1. The van der Waals surface area contributed by atoms with Crippen molar-refractivity contribution in [1.29, 1.82) is 0 Å². The van der Waals surface area contributed by atoms with Crippen LogP contribution < -0.4 is 0 Å². The first-order valence-electron chi connectivity index (χ1n) is 8.24. The lowest BCUT2D eigenvalue weighted by Gasteiger charge is -2.45. The molecule has 0 aromatic carbocycles. The highest BCUT2D eigenvalue weighted by atomic mass is 16.5. The van der Waals surface area contributed by atoms with Crippen molar-refractivity contribution >= 4 is 5.78 Å². The number of hydrogen-bond acceptors (Lipinski definition) is 5. The molecule has 0 N–H and O–H groups in total. The summed E-state index contributed by atoms with van der Waals surface area (Å²) in [6.07, 6.45) is 3.66. The Hall–Kier alpha value is -0.490. The standard InChI is InChI=1S/C16H28N2O3/c1-17-6-7-18(2)14(12-17)15(19)13-3-8-21-16(11-13)4-9-20-10-5-16/h13-14H,3-12H2,1-2H3. The third-order valence-corrected chi connectivity index (χ3v) is 5.48. The minimum atomic E-state index is -0.0873. The van der Waals surface area contributed by atoms with Crippen molar-refractivity contribution < 1.29 is 14.3 Å². The fourth-order valence-corrected chi connectivity index (χ4v) is 3.95. The number of piperazine rings is 1. The summed E-state index contributed by atoms with van der Waals surface area (Å²) in [7, 11) is 4.19. The molecule has 3 fully saturated rings. The monoisotopic (exact) mass is 296 g/mol. The first kappa shape index (κ1) is 15.4. The number of likely N-dealkylation sites (N-methyl/N-ethyl adjacent to an activating group) is 2. The second kappa shape index (κ2) is 6.32. The van der Waals surface area contributed by atoms with Crippen molar-refractivity contribution in [2.24, 2.45) is 5.92 Å². The molecule has 3 aliphatic rings. The molecule has 2 unspecified atom stereocenters. The van der Waals surface area contributed by atoms with Gasteiger partial charge >= 0.3 is 0 Å². The summed E-state index contributed by atoms with van der Waals surface area (Å²) in [4.78, 5) is 17.5. The van der Waals surface area contributed by atoms with Gasteiger partial charge in [-0.3, -0.25) is 9.69 Å². The molecular weight excluding hydrogens is 268 g/mol. The van der Waals surface area contributed by atoms with Gasteiger partial charge in [0, 0.05) is 45.4 Å². The van der Waals surface area contributed by atoms with Crippen LogP contribution >= 0.6 is 0 Å². The third-order valence-electron chi connectivity index (χ3n) is 5.48. The topological polar surface area (TPSA) is 42.0 Å². The van der Waals surface area contributed by atoms with E-state index in [0.717, 1.165) is 65.1 Å². The van der Waals surface area contributed by atoms with E-state index in [4.69, 9.17) is 9.47 Å². The largest absolute Gasteiger partial charge is 0.381 e. The van der Waals surface area contributed by atoms with Crippen molar-refractivity contribution in [3.05, 3.63) is 0 Å². The molecule has 2 atom stereocenters. The van der Waals surface area contributed by atoms with Gasteiger partial charge in [0.05, 0.1) is 11.6 Å². The summed E-state index contributed by atoms with van der Waals surface area (Å²) in [5.41, 5.74) is -0.0873. The van der Waals surface area contributed by atoms with Gasteiger partial charge in [0.25, 0.3) is 0 Å². The van der Waals surface area contributed by atoms with Crippen molar-refractivity contribution in [2.75, 3.05) is 53.6 Å². The van der Waals surface area contributed by atoms with Crippen molar-refractivity contribution in [2.45, 2.75) is 37.3 Å². The van der Waals surface area contributed by atoms with Gasteiger partial charge in [0.15, 0.2) is 5.78 Å². The van der Waals surface area contributed by atoms with Crippen LogP contribution in [0.5, 0.6) is 0 Å². The summed E-state index contributed by atoms with van der Waals surface area (Å²) < 4.78 is 11.5. The lowest BCUT2D eigenvalue weighted by atomic mass is 9.77. The molecule has 0 bridgehead atoms. The lowest BCUT2D eigenvalue weighted by Crippen LogP contribution is -2.56. The van der Waals surface area contributed by atoms with E-state index in [9.17, 15) is 4.79 Å². The fraction of sp³-hybridized carbons (Fsp3) is 0.938. The van der Waals surface area contributed by atoms with E-state index in [0.29, 0.717) is 5.78 Å². The van der Waals surface area contributed by atoms with Crippen LogP contribution in [0.4, 0.5) is 0 Å². The van der Waals surface area contributed by atoms with Gasteiger partial charge in [-0.15, -0.1) is 0 Å². The van der Waals surface area contributed by atoms with E-state index >= 15 is 0 Å². The molecule has 120 valence electrons. The molecule has 0 aromatic rings. The van der Waals surface area contributed by atoms with E-state index in [1.54, 1.807) is 0 Å². The quantitative estimate of drug-likeness (QED) is 0.753. The first-order valence-corrected chi connectivity index (χ1v) is 8.24. The number of Topliss-reactive ketones (excluding diaryl/α,β-unsaturated/α-hetero) is 1. The summed E-state index contributed by atoms with van der Waals surface area (Å²) >= 11 is 0. The molecule has 3 saturated heterocycles. The summed E-state index contributed by atoms with van der Waals surface area (Å²) in [6.45, 7) is 5.16. The van der Waals surface area contributed by atoms with Gasteiger partial charge < -0.3 is 14.4 Å². The Morgan fingerprint density at radius 1 is 1.14 bits per heavy atom. The van der Waals surface area contributed by atoms with Crippen molar-refractivity contribution in [3.8, 4) is 0 Å². The Balaban J connectivity index is 1.66. The van der Waals surface area contributed by atoms with Crippen LogP contribution in [0.25, 0.3) is 0 Å². The summed E-state index contributed by atoms with van der Waals surface area (Å²) in [5.74, 6) is 0.592. The molecule has 0 aromatic heterocycles. The number of nitrogens with zero attached hydrogens (tertiary/aromatic N) is 2. The molecule has 0 aliphatic carbocycles. The molecule has 3 rings (SSSR count). The average Bonchev–Trinajstić information content (AvgIpc) is 2.50. The highest BCUT2D eigenvalue weighted by molar-refractivity contribution is 5.86. The summed E-state index contributed by atoms with van der Waals surface area (Å²) in [5, 5.41) is 0. The molecule has 3 heterocycles. The smallest absolute Gasteiger partial charge is 0.154 e. The second-order valence-electron chi connectivity index (χ2n) is 6.99. The van der Waals surface area contributed by atoms with Crippen molar-refractivity contribution in [1.82, 2.24) is 9.80 Å². The van der Waals surface area contributed by atoms with E-state index in [-0.39, 0.29) is 17.6 Å². The molecule has 3 aliphatic heterocycles. The second-order valence-corrected chi connectivity index (χ2v) is 6.99. The van der Waals surface area contributed by atoms with Gasteiger partial charge in [-0.1, -0.05) is 0 Å². The molecule has 1 spiro atoms. The Morgan fingerprint density at radius 3 is 2.67 bits per heavy atom. The first-order chi connectivity index (χ1) is 10.1. The minimum absolute atomic E-state index is 0.0590. The zero-order valence-corrected chi connectivity index (χ0v) is 13.3. The average molecular weight is 296 g/mol. The van der Waals surface area contributed by atoms with Gasteiger partial charge in [-0.25, -0.2) is 0 Å². The Bertz CT molecular complexity index is 376. The molecule has 0 saturated carbocycles. The van der Waals surface area contributed by atoms with Gasteiger partial charge in [-0.05, 0) is 39.8 Å². The van der Waals surface area contributed by atoms with Gasteiger partial charge in [0.1, 0.15) is 0 Å². The molecule has 21 heavy (non-hydrogen) atoms. The Labute approximate surface area is 127 Å². The molecule has 0 radical (unpaired) electrons. The highest BCUT2D eigenvalue weighted by Crippen LogP contribution is 2.38. The predicted molar refractivity (Wildman–Crippen MR) is 80.4 cm³/mol. The molecule has 5 nitrogen and oxygen atoms in total. The fourth-order valence-electron chi connectivity index (χ4n) is 3.95. The normalized spacial score (nSPS) is 35.0. The number of carbonyl (C=O) groups excluding carboxylic acids is 1. The maximum atomic E-state index is 13.0. The lowest BCUT2D eigenvalue weighted by molar-refractivity contribution is -0.160. The Kier molecular flexibility index (Phi) is 4.64. The highest BCUT2D eigenvalue weighted by Gasteiger charge is 2.43. The zero-order valence-electron chi connectivity index (χ0n) is 13.3. The van der Waals surface area contributed by atoms with E-state index < -0.39 is 0 Å². The van der Waals surface area contributed by atoms with E-state index in [1.165, 1.54) is 0 Å². The third kappa shape index (κ3) is 3.31. The van der Waals surface area contributed by atoms with Crippen LogP contribution in [0.2, 0.25) is 0 Å². The van der Waals surface area contributed by atoms with Crippen LogP contribution in [-0.2, 0) is 14.3 Å². The molecular formula is C16H28N2O3. The SMILES string of the molecule is CN1CCN(C)C(C(=O)C2CCOC3(CCOCC3)C2)C1. The Morgan fingerprint density at radius 2 is 1.90 bits per heavy atom. The number of carbonyl (C=O) groups is 1. The predicted octanol–water partition coefficient (Wildman–Crippen LogP) is 0.777. The van der Waals surface area contributed by atoms with Crippen LogP contribution in [0, 0.1) is 5.92 Å². The van der Waals surface area contributed by atoms with Crippen LogP contribution in [0.1, 0.15) is 25.7 Å². The van der Waals surface area contributed by atoms with E-state index in [2.05, 4.69) is 23.9 Å². The molecule has 5 heteroatoms. The summed E-state index contributed by atoms with van der Waals surface area (Å²) in [6, 6.07) is 0.0590. The zero-order chi connectivity index (χ0) is 14.9. The molecule has 0 amide bonds. The minimum Gasteiger partial charge on any atom is -0.381 e. The maximum absolute atomic E-state index is 13.0.